The van der Waals surface area contributed by atoms with Crippen molar-refractivity contribution in [1.29, 1.82) is 0 Å². The molecule has 0 fully saturated rings. The zero-order chi connectivity index (χ0) is 11.8. The van der Waals surface area contributed by atoms with E-state index in [2.05, 4.69) is 11.3 Å². The summed E-state index contributed by atoms with van der Waals surface area (Å²) in [6.07, 6.45) is 0. The Hall–Kier alpha value is -1.36. The number of hydrogen-bond donors (Lipinski definition) is 0. The van der Waals surface area contributed by atoms with E-state index in [1.807, 2.05) is 0 Å². The Morgan fingerprint density at radius 2 is 2.00 bits per heavy atom. The molecule has 0 amide bonds. The maximum atomic E-state index is 11.0. The van der Waals surface area contributed by atoms with Crippen LogP contribution in [0, 0.1) is 0 Å². The molecule has 0 radical (unpaired) electrons. The van der Waals surface area contributed by atoms with E-state index in [1.54, 1.807) is 18.9 Å². The highest BCUT2D eigenvalue weighted by molar-refractivity contribution is 5.86. The quantitative estimate of drug-likeness (QED) is 0.468. The number of methoxy groups -OCH3 is 1. The molecule has 0 rings (SSSR count). The number of likely N-dealkylation sites (N-methyl/N-ethyl adjacent to an activating group) is 1. The second-order valence-corrected chi connectivity index (χ2v) is 3.23. The molecule has 0 aromatic carbocycles. The van der Waals surface area contributed by atoms with Crippen molar-refractivity contribution < 1.29 is 19.1 Å². The lowest BCUT2D eigenvalue weighted by atomic mass is 10.4. The first-order valence-corrected chi connectivity index (χ1v) is 4.55. The van der Waals surface area contributed by atoms with Gasteiger partial charge in [-0.15, -0.1) is 0 Å². The number of esters is 2. The van der Waals surface area contributed by atoms with Gasteiger partial charge in [0.05, 0.1) is 13.7 Å². The van der Waals surface area contributed by atoms with Crippen molar-refractivity contribution in [3.05, 3.63) is 12.2 Å². The molecule has 0 unspecified atom stereocenters. The number of carbonyl (C=O) groups excluding carboxylic acids is 2. The van der Waals surface area contributed by atoms with Crippen molar-refractivity contribution in [2.45, 2.75) is 6.92 Å². The van der Waals surface area contributed by atoms with E-state index in [9.17, 15) is 9.59 Å². The first kappa shape index (κ1) is 13.6. The lowest BCUT2D eigenvalue weighted by Crippen LogP contribution is -2.30. The maximum Gasteiger partial charge on any atom is 0.333 e. The van der Waals surface area contributed by atoms with Crippen LogP contribution < -0.4 is 0 Å². The fourth-order valence-corrected chi connectivity index (χ4v) is 0.781. The second kappa shape index (κ2) is 7.00. The van der Waals surface area contributed by atoms with Crippen LogP contribution in [0.15, 0.2) is 12.2 Å². The zero-order valence-corrected chi connectivity index (χ0v) is 9.41. The van der Waals surface area contributed by atoms with Gasteiger partial charge in [-0.1, -0.05) is 6.58 Å². The van der Waals surface area contributed by atoms with E-state index in [0.29, 0.717) is 12.1 Å². The van der Waals surface area contributed by atoms with Gasteiger partial charge in [0.25, 0.3) is 0 Å². The summed E-state index contributed by atoms with van der Waals surface area (Å²) in [6, 6.07) is 0. The molecule has 0 aliphatic rings. The van der Waals surface area contributed by atoms with Crippen LogP contribution in [0.2, 0.25) is 0 Å². The smallest absolute Gasteiger partial charge is 0.333 e. The fraction of sp³-hybridized carbons (Fsp3) is 0.600. The fourth-order valence-electron chi connectivity index (χ4n) is 0.781. The van der Waals surface area contributed by atoms with E-state index in [1.165, 1.54) is 7.11 Å². The van der Waals surface area contributed by atoms with Gasteiger partial charge >= 0.3 is 11.9 Å². The number of carbonyl (C=O) groups is 2. The van der Waals surface area contributed by atoms with Crippen molar-refractivity contribution in [3.8, 4) is 0 Å². The molecule has 0 spiro atoms. The van der Waals surface area contributed by atoms with Crippen molar-refractivity contribution >= 4 is 11.9 Å². The molecule has 0 N–H and O–H groups in total. The van der Waals surface area contributed by atoms with Gasteiger partial charge < -0.3 is 9.47 Å². The number of nitrogens with zero attached hydrogens (tertiary/aromatic N) is 1. The highest BCUT2D eigenvalue weighted by atomic mass is 16.5. The van der Waals surface area contributed by atoms with Crippen LogP contribution in [-0.2, 0) is 19.1 Å². The van der Waals surface area contributed by atoms with Crippen LogP contribution >= 0.6 is 0 Å². The monoisotopic (exact) mass is 215 g/mol. The summed E-state index contributed by atoms with van der Waals surface area (Å²) in [7, 11) is 3.07. The molecule has 0 heterocycles. The van der Waals surface area contributed by atoms with Crippen LogP contribution in [-0.4, -0.2) is 50.7 Å². The van der Waals surface area contributed by atoms with E-state index in [4.69, 9.17) is 4.74 Å². The summed E-state index contributed by atoms with van der Waals surface area (Å²) in [4.78, 5) is 23.5. The minimum absolute atomic E-state index is 0.182. The molecule has 5 heteroatoms. The number of ether oxygens (including phenoxy) is 2. The van der Waals surface area contributed by atoms with E-state index >= 15 is 0 Å². The molecule has 0 aliphatic carbocycles. The average molecular weight is 215 g/mol. The highest BCUT2D eigenvalue weighted by Gasteiger charge is 2.07. The van der Waals surface area contributed by atoms with Gasteiger partial charge in [-0.3, -0.25) is 9.69 Å². The van der Waals surface area contributed by atoms with Crippen molar-refractivity contribution in [3.63, 3.8) is 0 Å². The molecule has 0 atom stereocenters. The molecular formula is C10H17NO4. The third-order valence-electron chi connectivity index (χ3n) is 1.68. The Labute approximate surface area is 89.6 Å². The normalized spacial score (nSPS) is 9.87. The molecule has 0 aliphatic heterocycles. The molecule has 0 aromatic rings. The first-order chi connectivity index (χ1) is 6.97. The van der Waals surface area contributed by atoms with Gasteiger partial charge in [-0.25, -0.2) is 4.79 Å². The minimum Gasteiger partial charge on any atom is -0.468 e. The summed E-state index contributed by atoms with van der Waals surface area (Å²) in [6.45, 7) is 5.93. The Balaban J connectivity index is 3.63. The van der Waals surface area contributed by atoms with Crippen LogP contribution in [0.25, 0.3) is 0 Å². The Bertz CT molecular complexity index is 250. The predicted octanol–water partition coefficient (Wildman–Crippen LogP) is 0.210. The third-order valence-corrected chi connectivity index (χ3v) is 1.68. The summed E-state index contributed by atoms with van der Waals surface area (Å²) in [5.41, 5.74) is 0.366. The van der Waals surface area contributed by atoms with E-state index in [-0.39, 0.29) is 19.1 Å². The van der Waals surface area contributed by atoms with Crippen LogP contribution in [0.5, 0.6) is 0 Å². The Morgan fingerprint density at radius 3 is 2.47 bits per heavy atom. The molecule has 15 heavy (non-hydrogen) atoms. The summed E-state index contributed by atoms with van der Waals surface area (Å²) in [5, 5.41) is 0. The SMILES string of the molecule is C=C(C)C(=O)OCCN(C)CC(=O)OC. The summed E-state index contributed by atoms with van der Waals surface area (Å²) >= 11 is 0. The molecule has 0 saturated heterocycles. The molecular weight excluding hydrogens is 198 g/mol. The first-order valence-electron chi connectivity index (χ1n) is 4.55. The van der Waals surface area contributed by atoms with Gasteiger partial charge in [0.2, 0.25) is 0 Å². The molecule has 0 bridgehead atoms. The maximum absolute atomic E-state index is 11.0. The molecule has 0 saturated carbocycles. The van der Waals surface area contributed by atoms with Crippen molar-refractivity contribution in [2.75, 3.05) is 33.9 Å². The van der Waals surface area contributed by atoms with Gasteiger partial charge in [0, 0.05) is 12.1 Å². The van der Waals surface area contributed by atoms with Crippen molar-refractivity contribution in [1.82, 2.24) is 4.90 Å². The van der Waals surface area contributed by atoms with Gasteiger partial charge in [0.1, 0.15) is 6.61 Å². The highest BCUT2D eigenvalue weighted by Crippen LogP contribution is 1.92. The second-order valence-electron chi connectivity index (χ2n) is 3.23. The van der Waals surface area contributed by atoms with Gasteiger partial charge in [-0.2, -0.15) is 0 Å². The van der Waals surface area contributed by atoms with Crippen LogP contribution in [0.1, 0.15) is 6.92 Å². The number of hydrogen-bond acceptors (Lipinski definition) is 5. The number of rotatable bonds is 6. The van der Waals surface area contributed by atoms with Crippen LogP contribution in [0.4, 0.5) is 0 Å². The lowest BCUT2D eigenvalue weighted by Gasteiger charge is -2.14. The van der Waals surface area contributed by atoms with E-state index < -0.39 is 5.97 Å². The van der Waals surface area contributed by atoms with E-state index in [0.717, 1.165) is 0 Å². The molecule has 5 nitrogen and oxygen atoms in total. The topological polar surface area (TPSA) is 55.8 Å². The molecule has 86 valence electrons. The van der Waals surface area contributed by atoms with Crippen LogP contribution in [0.3, 0.4) is 0 Å². The van der Waals surface area contributed by atoms with Crippen molar-refractivity contribution in [2.24, 2.45) is 0 Å². The van der Waals surface area contributed by atoms with Gasteiger partial charge in [-0.05, 0) is 14.0 Å². The standard InChI is InChI=1S/C10H17NO4/c1-8(2)10(13)15-6-5-11(3)7-9(12)14-4/h1,5-7H2,2-4H3. The third kappa shape index (κ3) is 6.68. The Morgan fingerprint density at radius 1 is 1.40 bits per heavy atom. The summed E-state index contributed by atoms with van der Waals surface area (Å²) < 4.78 is 9.34. The minimum atomic E-state index is -0.415. The zero-order valence-electron chi connectivity index (χ0n) is 9.41. The summed E-state index contributed by atoms with van der Waals surface area (Å²) in [5.74, 6) is -0.731. The molecule has 0 aromatic heterocycles. The lowest BCUT2D eigenvalue weighted by molar-refractivity contribution is -0.142. The Kier molecular flexibility index (Phi) is 6.37. The largest absolute Gasteiger partial charge is 0.468 e. The predicted molar refractivity (Wildman–Crippen MR) is 55.3 cm³/mol. The average Bonchev–Trinajstić information content (AvgIpc) is 2.17. The van der Waals surface area contributed by atoms with Gasteiger partial charge in [0.15, 0.2) is 0 Å².